The fraction of sp³-hybridized carbons (Fsp3) is 0.389. The number of nitrogens with two attached hydrogens (primary N) is 1. The highest BCUT2D eigenvalue weighted by Gasteiger charge is 2.22. The van der Waals surface area contributed by atoms with E-state index in [2.05, 4.69) is 25.6 Å². The van der Waals surface area contributed by atoms with E-state index in [0.717, 1.165) is 0 Å². The van der Waals surface area contributed by atoms with Crippen molar-refractivity contribution in [3.05, 3.63) is 47.1 Å². The Morgan fingerprint density at radius 1 is 1.30 bits per heavy atom. The first kappa shape index (κ1) is 23.4. The number of rotatable bonds is 9. The maximum absolute atomic E-state index is 12.6. The normalized spacial score (nSPS) is 12.9. The van der Waals surface area contributed by atoms with Crippen LogP contribution in [0.1, 0.15) is 36.1 Å². The lowest BCUT2D eigenvalue weighted by molar-refractivity contribution is 0.0129. The lowest BCUT2D eigenvalue weighted by atomic mass is 10.2. The smallest absolute Gasteiger partial charge is 0.407 e. The number of hydrogen-bond donors (Lipinski definition) is 4. The molecule has 162 valence electrons. The molecule has 2 rings (SSSR count). The molecule has 1 unspecified atom stereocenters. The maximum atomic E-state index is 12.6. The summed E-state index contributed by atoms with van der Waals surface area (Å²) in [6.45, 7) is 4.47. The molecule has 2 aromatic rings. The van der Waals surface area contributed by atoms with E-state index in [1.807, 2.05) is 6.92 Å². The van der Waals surface area contributed by atoms with Crippen LogP contribution >= 0.6 is 11.6 Å². The molecular weight excluding hydrogens is 414 g/mol. The second kappa shape index (κ2) is 11.4. The number of hydrogen-bond acceptors (Lipinski definition) is 9. The van der Waals surface area contributed by atoms with Crippen molar-refractivity contribution in [3.8, 4) is 0 Å². The summed E-state index contributed by atoms with van der Waals surface area (Å²) in [7, 11) is 0. The van der Waals surface area contributed by atoms with E-state index in [1.165, 1.54) is 18.6 Å². The number of ether oxygens (including phenoxy) is 1. The van der Waals surface area contributed by atoms with Gasteiger partial charge in [0.2, 0.25) is 0 Å². The number of nitrogens with one attached hydrogen (secondary N) is 2. The van der Waals surface area contributed by atoms with Gasteiger partial charge in [0.1, 0.15) is 17.6 Å². The number of halogens is 1. The van der Waals surface area contributed by atoms with E-state index in [4.69, 9.17) is 22.1 Å². The van der Waals surface area contributed by atoms with E-state index in [-0.39, 0.29) is 23.8 Å². The van der Waals surface area contributed by atoms with E-state index in [9.17, 15) is 14.7 Å². The minimum atomic E-state index is -1.11. The first-order chi connectivity index (χ1) is 14.3. The molecule has 0 radical (unpaired) electrons. The zero-order chi connectivity index (χ0) is 22.1. The van der Waals surface area contributed by atoms with Gasteiger partial charge in [-0.15, -0.1) is 0 Å². The molecule has 0 aromatic carbocycles. The van der Waals surface area contributed by atoms with Crippen molar-refractivity contribution in [2.45, 2.75) is 26.3 Å². The molecule has 2 atom stereocenters. The summed E-state index contributed by atoms with van der Waals surface area (Å²) in [4.78, 5) is 38.3. The van der Waals surface area contributed by atoms with Crippen molar-refractivity contribution in [1.29, 1.82) is 0 Å². The van der Waals surface area contributed by atoms with Crippen molar-refractivity contribution in [3.63, 3.8) is 0 Å². The molecule has 2 heterocycles. The van der Waals surface area contributed by atoms with Crippen LogP contribution in [0.5, 0.6) is 0 Å². The second-order valence-corrected chi connectivity index (χ2v) is 6.56. The third-order valence-corrected chi connectivity index (χ3v) is 4.25. The van der Waals surface area contributed by atoms with Gasteiger partial charge in [0, 0.05) is 31.7 Å². The van der Waals surface area contributed by atoms with E-state index in [1.54, 1.807) is 24.0 Å². The number of carbonyl (C=O) groups is 2. The summed E-state index contributed by atoms with van der Waals surface area (Å²) in [6.07, 6.45) is 1.49. The van der Waals surface area contributed by atoms with Crippen LogP contribution < -0.4 is 16.4 Å². The highest BCUT2D eigenvalue weighted by atomic mass is 35.5. The van der Waals surface area contributed by atoms with Crippen LogP contribution in [0, 0.1) is 0 Å². The summed E-state index contributed by atoms with van der Waals surface area (Å²) >= 11 is 5.78. The van der Waals surface area contributed by atoms with Crippen LogP contribution in [0.2, 0.25) is 5.02 Å². The van der Waals surface area contributed by atoms with Gasteiger partial charge < -0.3 is 20.5 Å². The predicted molar refractivity (Wildman–Crippen MR) is 110 cm³/mol. The highest BCUT2D eigenvalue weighted by Crippen LogP contribution is 2.18. The Bertz CT molecular complexity index is 851. The van der Waals surface area contributed by atoms with Crippen molar-refractivity contribution >= 4 is 29.4 Å². The quantitative estimate of drug-likeness (QED) is 0.422. The van der Waals surface area contributed by atoms with E-state index >= 15 is 0 Å². The Morgan fingerprint density at radius 2 is 2.03 bits per heavy atom. The summed E-state index contributed by atoms with van der Waals surface area (Å²) in [5.41, 5.74) is 5.59. The van der Waals surface area contributed by atoms with Crippen LogP contribution in [0.25, 0.3) is 0 Å². The minimum Gasteiger partial charge on any atom is -0.440 e. The summed E-state index contributed by atoms with van der Waals surface area (Å²) < 4.78 is 5.29. The summed E-state index contributed by atoms with van der Waals surface area (Å²) in [5.74, 6) is -0.269. The molecule has 0 aliphatic carbocycles. The number of anilines is 1. The summed E-state index contributed by atoms with van der Waals surface area (Å²) in [5, 5.41) is 14.9. The van der Waals surface area contributed by atoms with Crippen LogP contribution in [-0.2, 0) is 4.74 Å². The molecule has 0 fully saturated rings. The molecule has 0 aliphatic rings. The second-order valence-electron chi connectivity index (χ2n) is 6.12. The molecule has 11 nitrogen and oxygen atoms in total. The van der Waals surface area contributed by atoms with Gasteiger partial charge >= 0.3 is 6.09 Å². The van der Waals surface area contributed by atoms with Gasteiger partial charge in [0.15, 0.2) is 12.0 Å². The molecule has 2 aromatic heterocycles. The molecule has 2 amide bonds. The predicted octanol–water partition coefficient (Wildman–Crippen LogP) is 1.12. The van der Waals surface area contributed by atoms with Crippen molar-refractivity contribution in [2.24, 2.45) is 5.73 Å². The molecule has 5 N–H and O–H groups in total. The summed E-state index contributed by atoms with van der Waals surface area (Å²) in [6, 6.07) is 3.13. The number of likely N-dealkylation sites (N-methyl/N-ethyl adjacent to an activating group) is 1. The monoisotopic (exact) mass is 437 g/mol. The Balaban J connectivity index is 1.97. The number of alkyl carbamates (subject to hydrolysis) is 1. The van der Waals surface area contributed by atoms with Gasteiger partial charge in [-0.05, 0) is 25.6 Å². The zero-order valence-corrected chi connectivity index (χ0v) is 17.3. The third kappa shape index (κ3) is 6.88. The van der Waals surface area contributed by atoms with Crippen LogP contribution in [-0.4, -0.2) is 62.9 Å². The average molecular weight is 438 g/mol. The highest BCUT2D eigenvalue weighted by molar-refractivity contribution is 6.30. The van der Waals surface area contributed by atoms with Crippen LogP contribution in [0.3, 0.4) is 0 Å². The van der Waals surface area contributed by atoms with E-state index in [0.29, 0.717) is 18.1 Å². The van der Waals surface area contributed by atoms with Gasteiger partial charge in [0.25, 0.3) is 5.91 Å². The van der Waals surface area contributed by atoms with Crippen LogP contribution in [0.4, 0.5) is 10.6 Å². The van der Waals surface area contributed by atoms with Gasteiger partial charge in [-0.2, -0.15) is 0 Å². The molecule has 0 spiro atoms. The molecule has 12 heteroatoms. The Labute approximate surface area is 178 Å². The first-order valence-electron chi connectivity index (χ1n) is 9.17. The van der Waals surface area contributed by atoms with Crippen molar-refractivity contribution in [2.75, 3.05) is 25.0 Å². The number of nitrogens with zero attached hydrogens (tertiary/aromatic N) is 4. The topological polar surface area (TPSA) is 156 Å². The molecule has 0 aliphatic heterocycles. The fourth-order valence-corrected chi connectivity index (χ4v) is 2.60. The Morgan fingerprint density at radius 3 is 2.67 bits per heavy atom. The number of aliphatic hydroxyl groups excluding tert-OH is 1. The van der Waals surface area contributed by atoms with E-state index < -0.39 is 24.5 Å². The number of carbonyl (C=O) groups excluding carboxylic acids is 2. The lowest BCUT2D eigenvalue weighted by Gasteiger charge is -2.23. The maximum Gasteiger partial charge on any atom is 0.407 e. The van der Waals surface area contributed by atoms with Crippen LogP contribution in [0.15, 0.2) is 30.7 Å². The largest absolute Gasteiger partial charge is 0.440 e. The van der Waals surface area contributed by atoms with Gasteiger partial charge in [-0.25, -0.2) is 14.8 Å². The molecule has 0 saturated heterocycles. The Hall–Kier alpha value is -2.86. The molecule has 0 saturated carbocycles. The molecular formula is C18H24ClN7O4. The van der Waals surface area contributed by atoms with Crippen molar-refractivity contribution < 1.29 is 19.4 Å². The van der Waals surface area contributed by atoms with Crippen molar-refractivity contribution in [1.82, 2.24) is 25.2 Å². The first-order valence-corrected chi connectivity index (χ1v) is 9.55. The van der Waals surface area contributed by atoms with Gasteiger partial charge in [-0.3, -0.25) is 20.4 Å². The number of aliphatic hydroxyl groups is 1. The zero-order valence-electron chi connectivity index (χ0n) is 16.6. The lowest BCUT2D eigenvalue weighted by Crippen LogP contribution is -2.45. The minimum absolute atomic E-state index is 0.00189. The molecule has 0 bridgehead atoms. The van der Waals surface area contributed by atoms with Gasteiger partial charge in [0.05, 0.1) is 5.02 Å². The standard InChI is InChI=1S/C18H24ClN7O4/c1-3-26(17(20)28)9-8-23-18(29)30-11(2)14-15(22-7-6-21-14)16(27)25-13-5-4-12(19)10-24-13/h4-7,10-11,17,28H,3,8-9,20H2,1-2H3,(H,23,29)(H,24,25,27)/t11-,17?/m1/s1. The SMILES string of the molecule is CCN(CCNC(=O)O[C@H](C)c1nccnc1C(=O)Nc1ccc(Cl)cn1)C(N)O. The number of aromatic nitrogens is 3. The van der Waals surface area contributed by atoms with Gasteiger partial charge in [-0.1, -0.05) is 18.5 Å². The Kier molecular flexibility index (Phi) is 8.87. The third-order valence-electron chi connectivity index (χ3n) is 4.03. The molecule has 30 heavy (non-hydrogen) atoms. The average Bonchev–Trinajstić information content (AvgIpc) is 2.72. The number of amides is 2. The number of pyridine rings is 1. The fourth-order valence-electron chi connectivity index (χ4n) is 2.48.